The summed E-state index contributed by atoms with van der Waals surface area (Å²) in [6.45, 7) is 1.97. The number of carbonyl (C=O) groups is 1. The number of aryl methyl sites for hydroxylation is 1. The monoisotopic (exact) mass is 412 g/mol. The van der Waals surface area contributed by atoms with E-state index in [0.29, 0.717) is 11.6 Å². The normalized spacial score (nSPS) is 20.4. The minimum Gasteiger partial charge on any atom is -0.356 e. The number of anilines is 2. The standard InChI is InChI=1S/C20H24N6O2S/c27-18(24-16-10-17(22-12-21-16)25-7-3-4-8-25)9-13-11-29-20-23-15-6-2-1-5-14(15)19(28)26(13)20/h10,12-13H,1-9,11H2,(H,21,22,24,27). The largest absolute Gasteiger partial charge is 0.356 e. The molecule has 8 nitrogen and oxygen atoms in total. The van der Waals surface area contributed by atoms with Crippen LogP contribution < -0.4 is 15.8 Å². The van der Waals surface area contributed by atoms with Crippen molar-refractivity contribution in [1.82, 2.24) is 19.5 Å². The molecule has 2 aromatic heterocycles. The molecular weight excluding hydrogens is 388 g/mol. The van der Waals surface area contributed by atoms with E-state index in [1.54, 1.807) is 16.3 Å². The van der Waals surface area contributed by atoms with Crippen molar-refractivity contribution in [2.75, 3.05) is 29.1 Å². The topological polar surface area (TPSA) is 93.0 Å². The number of rotatable bonds is 4. The van der Waals surface area contributed by atoms with Gasteiger partial charge < -0.3 is 10.2 Å². The van der Waals surface area contributed by atoms with Crippen LogP contribution >= 0.6 is 11.8 Å². The summed E-state index contributed by atoms with van der Waals surface area (Å²) in [5, 5.41) is 3.64. The van der Waals surface area contributed by atoms with Crippen molar-refractivity contribution < 1.29 is 4.79 Å². The number of amides is 1. The van der Waals surface area contributed by atoms with Crippen molar-refractivity contribution in [3.8, 4) is 0 Å². The van der Waals surface area contributed by atoms with Gasteiger partial charge in [-0.05, 0) is 38.5 Å². The molecule has 9 heteroatoms. The Hall–Kier alpha value is -2.42. The molecule has 0 saturated carbocycles. The lowest BCUT2D eigenvalue weighted by molar-refractivity contribution is -0.116. The summed E-state index contributed by atoms with van der Waals surface area (Å²) in [5.41, 5.74) is 1.85. The van der Waals surface area contributed by atoms with Gasteiger partial charge in [0.15, 0.2) is 5.16 Å². The zero-order valence-electron chi connectivity index (χ0n) is 16.3. The molecule has 1 atom stereocenters. The second kappa shape index (κ2) is 7.78. The third-order valence-electron chi connectivity index (χ3n) is 5.89. The highest BCUT2D eigenvalue weighted by Crippen LogP contribution is 2.34. The fraction of sp³-hybridized carbons (Fsp3) is 0.550. The Balaban J connectivity index is 1.31. The van der Waals surface area contributed by atoms with E-state index in [-0.39, 0.29) is 23.9 Å². The minimum atomic E-state index is -0.165. The first-order valence-corrected chi connectivity index (χ1v) is 11.3. The lowest BCUT2D eigenvalue weighted by atomic mass is 9.97. The average molecular weight is 413 g/mol. The van der Waals surface area contributed by atoms with Gasteiger partial charge in [0, 0.05) is 36.9 Å². The molecule has 0 radical (unpaired) electrons. The second-order valence-corrected chi connectivity index (χ2v) is 8.86. The van der Waals surface area contributed by atoms with Gasteiger partial charge in [0.2, 0.25) is 5.91 Å². The Morgan fingerprint density at radius 1 is 1.17 bits per heavy atom. The molecular formula is C20H24N6O2S. The predicted octanol–water partition coefficient (Wildman–Crippen LogP) is 2.19. The zero-order chi connectivity index (χ0) is 19.8. The van der Waals surface area contributed by atoms with Gasteiger partial charge >= 0.3 is 0 Å². The maximum atomic E-state index is 13.0. The predicted molar refractivity (Wildman–Crippen MR) is 112 cm³/mol. The van der Waals surface area contributed by atoms with E-state index in [1.165, 1.54) is 6.33 Å². The highest BCUT2D eigenvalue weighted by atomic mass is 32.2. The SMILES string of the molecule is O=C(CC1CSc2nc3c(c(=O)n21)CCCC3)Nc1cc(N2CCCC2)ncn1. The van der Waals surface area contributed by atoms with E-state index in [0.717, 1.165) is 73.8 Å². The summed E-state index contributed by atoms with van der Waals surface area (Å²) in [4.78, 5) is 41.1. The molecule has 2 aliphatic heterocycles. The van der Waals surface area contributed by atoms with Crippen molar-refractivity contribution in [3.05, 3.63) is 34.0 Å². The van der Waals surface area contributed by atoms with Gasteiger partial charge in [0.05, 0.1) is 11.7 Å². The number of hydrogen-bond donors (Lipinski definition) is 1. The summed E-state index contributed by atoms with van der Waals surface area (Å²) in [6, 6.07) is 1.66. The van der Waals surface area contributed by atoms with Crippen molar-refractivity contribution in [1.29, 1.82) is 0 Å². The number of hydrogen-bond acceptors (Lipinski definition) is 7. The highest BCUT2D eigenvalue weighted by molar-refractivity contribution is 7.99. The molecule has 1 unspecified atom stereocenters. The molecule has 0 aromatic carbocycles. The summed E-state index contributed by atoms with van der Waals surface area (Å²) < 4.78 is 1.74. The van der Waals surface area contributed by atoms with E-state index in [4.69, 9.17) is 4.98 Å². The van der Waals surface area contributed by atoms with Crippen LogP contribution in [0.25, 0.3) is 0 Å². The van der Waals surface area contributed by atoms with Crippen LogP contribution in [0.4, 0.5) is 11.6 Å². The number of carbonyl (C=O) groups excluding carboxylic acids is 1. The van der Waals surface area contributed by atoms with Gasteiger partial charge in [-0.3, -0.25) is 14.2 Å². The van der Waals surface area contributed by atoms with Crippen LogP contribution in [0.2, 0.25) is 0 Å². The van der Waals surface area contributed by atoms with E-state index in [2.05, 4.69) is 20.2 Å². The lowest BCUT2D eigenvalue weighted by Gasteiger charge is -2.19. The fourth-order valence-electron chi connectivity index (χ4n) is 4.41. The third kappa shape index (κ3) is 3.63. The molecule has 1 N–H and O–H groups in total. The summed E-state index contributed by atoms with van der Waals surface area (Å²) in [5.74, 6) is 1.91. The Kier molecular flexibility index (Phi) is 4.99. The molecule has 5 rings (SSSR count). The number of nitrogens with zero attached hydrogens (tertiary/aromatic N) is 5. The molecule has 152 valence electrons. The van der Waals surface area contributed by atoms with Crippen LogP contribution in [0.3, 0.4) is 0 Å². The molecule has 3 aliphatic rings. The third-order valence-corrected chi connectivity index (χ3v) is 6.99. The summed E-state index contributed by atoms with van der Waals surface area (Å²) in [7, 11) is 0. The van der Waals surface area contributed by atoms with Gasteiger partial charge in [-0.1, -0.05) is 11.8 Å². The van der Waals surface area contributed by atoms with E-state index in [9.17, 15) is 9.59 Å². The minimum absolute atomic E-state index is 0.0471. The van der Waals surface area contributed by atoms with Crippen LogP contribution in [0.1, 0.15) is 49.4 Å². The van der Waals surface area contributed by atoms with Crippen LogP contribution in [0.15, 0.2) is 22.3 Å². The van der Waals surface area contributed by atoms with Gasteiger partial charge in [0.25, 0.3) is 5.56 Å². The summed E-state index contributed by atoms with van der Waals surface area (Å²) >= 11 is 1.57. The van der Waals surface area contributed by atoms with Crippen molar-refractivity contribution in [2.45, 2.75) is 56.1 Å². The second-order valence-electron chi connectivity index (χ2n) is 7.87. The van der Waals surface area contributed by atoms with Gasteiger partial charge in [-0.15, -0.1) is 0 Å². The molecule has 4 heterocycles. The summed E-state index contributed by atoms with van der Waals surface area (Å²) in [6.07, 6.45) is 7.87. The highest BCUT2D eigenvalue weighted by Gasteiger charge is 2.30. The maximum Gasteiger partial charge on any atom is 0.257 e. The molecule has 2 aromatic rings. The van der Waals surface area contributed by atoms with E-state index in [1.807, 2.05) is 6.07 Å². The van der Waals surface area contributed by atoms with Gasteiger partial charge in [-0.25, -0.2) is 15.0 Å². The molecule has 1 fully saturated rings. The van der Waals surface area contributed by atoms with Crippen LogP contribution in [-0.4, -0.2) is 44.3 Å². The molecule has 1 amide bonds. The van der Waals surface area contributed by atoms with E-state index >= 15 is 0 Å². The Morgan fingerprint density at radius 2 is 2.00 bits per heavy atom. The van der Waals surface area contributed by atoms with Crippen molar-refractivity contribution in [2.24, 2.45) is 0 Å². The molecule has 1 aliphatic carbocycles. The first kappa shape index (κ1) is 18.6. The Labute approximate surface area is 173 Å². The van der Waals surface area contributed by atoms with E-state index < -0.39 is 0 Å². The smallest absolute Gasteiger partial charge is 0.257 e. The number of thioether (sulfide) groups is 1. The first-order valence-electron chi connectivity index (χ1n) is 10.3. The maximum absolute atomic E-state index is 13.0. The first-order chi connectivity index (χ1) is 14.2. The Bertz CT molecular complexity index is 1000. The van der Waals surface area contributed by atoms with Crippen LogP contribution in [0.5, 0.6) is 0 Å². The van der Waals surface area contributed by atoms with Gasteiger partial charge in [-0.2, -0.15) is 0 Å². The number of nitrogens with one attached hydrogen (secondary N) is 1. The van der Waals surface area contributed by atoms with Crippen LogP contribution in [0, 0.1) is 0 Å². The molecule has 29 heavy (non-hydrogen) atoms. The average Bonchev–Trinajstić information content (AvgIpc) is 3.39. The molecule has 1 saturated heterocycles. The van der Waals surface area contributed by atoms with Crippen molar-refractivity contribution in [3.63, 3.8) is 0 Å². The quantitative estimate of drug-likeness (QED) is 0.770. The van der Waals surface area contributed by atoms with Crippen molar-refractivity contribution >= 4 is 29.3 Å². The number of fused-ring (bicyclic) bond motifs is 2. The number of aromatic nitrogens is 4. The van der Waals surface area contributed by atoms with Crippen LogP contribution in [-0.2, 0) is 17.6 Å². The lowest BCUT2D eigenvalue weighted by Crippen LogP contribution is -2.32. The molecule has 0 bridgehead atoms. The zero-order valence-corrected chi connectivity index (χ0v) is 17.1. The van der Waals surface area contributed by atoms with Gasteiger partial charge in [0.1, 0.15) is 18.0 Å². The fourth-order valence-corrected chi connectivity index (χ4v) is 5.56. The Morgan fingerprint density at radius 3 is 2.86 bits per heavy atom. The molecule has 0 spiro atoms.